The molecule has 0 saturated carbocycles. The van der Waals surface area contributed by atoms with E-state index >= 15 is 0 Å². The number of amides is 2. The van der Waals surface area contributed by atoms with Gasteiger partial charge in [-0.3, -0.25) is 9.79 Å². The molecule has 1 aromatic carbocycles. The first-order valence-electron chi connectivity index (χ1n) is 8.84. The lowest BCUT2D eigenvalue weighted by atomic mass is 10.1. The summed E-state index contributed by atoms with van der Waals surface area (Å²) in [6.45, 7) is 6.94. The van der Waals surface area contributed by atoms with Crippen molar-refractivity contribution >= 4 is 41.9 Å². The zero-order valence-electron chi connectivity index (χ0n) is 17.5. The minimum Gasteiger partial charge on any atom is -0.444 e. The quantitative estimate of drug-likeness (QED) is 0.239. The molecule has 0 heterocycles. The molecule has 2 amide bonds. The van der Waals surface area contributed by atoms with Crippen LogP contribution >= 0.6 is 24.0 Å². The molecule has 0 saturated heterocycles. The van der Waals surface area contributed by atoms with Crippen molar-refractivity contribution in [2.75, 3.05) is 34.2 Å². The van der Waals surface area contributed by atoms with Crippen molar-refractivity contribution in [1.82, 2.24) is 20.9 Å². The van der Waals surface area contributed by atoms with Crippen molar-refractivity contribution in [3.63, 3.8) is 0 Å². The highest BCUT2D eigenvalue weighted by molar-refractivity contribution is 14.0. The molecule has 28 heavy (non-hydrogen) atoms. The minimum atomic E-state index is -0.512. The van der Waals surface area contributed by atoms with Crippen molar-refractivity contribution in [3.05, 3.63) is 35.4 Å². The van der Waals surface area contributed by atoms with E-state index in [1.54, 1.807) is 38.2 Å². The molecule has 0 unspecified atom stereocenters. The summed E-state index contributed by atoms with van der Waals surface area (Å²) in [5.41, 5.74) is 1.17. The number of guanidine groups is 1. The third-order valence-corrected chi connectivity index (χ3v) is 3.38. The number of carbonyl (C=O) groups excluding carboxylic acids is 2. The molecule has 9 heteroatoms. The zero-order valence-corrected chi connectivity index (χ0v) is 19.8. The maximum Gasteiger partial charge on any atom is 0.407 e. The van der Waals surface area contributed by atoms with Gasteiger partial charge in [0, 0.05) is 46.3 Å². The molecular formula is C19H32IN5O3. The number of hydrogen-bond donors (Lipinski definition) is 3. The highest BCUT2D eigenvalue weighted by atomic mass is 127. The molecule has 0 aliphatic rings. The summed E-state index contributed by atoms with van der Waals surface area (Å²) in [5, 5.41) is 8.97. The first-order valence-corrected chi connectivity index (χ1v) is 8.84. The number of ether oxygens (including phenoxy) is 1. The standard InChI is InChI=1S/C19H31N5O3.HI/c1-19(2,3)27-18(26)22-12-11-21-17(20-4)23-13-14-7-9-15(10-8-14)16(25)24(5)6;/h7-10H,11-13H2,1-6H3,(H,22,26)(H2,20,21,23);1H. The van der Waals surface area contributed by atoms with E-state index in [1.165, 1.54) is 0 Å². The summed E-state index contributed by atoms with van der Waals surface area (Å²) in [4.78, 5) is 29.1. The molecule has 0 aromatic heterocycles. The number of benzene rings is 1. The number of nitrogens with zero attached hydrogens (tertiary/aromatic N) is 2. The zero-order chi connectivity index (χ0) is 20.4. The Morgan fingerprint density at radius 2 is 1.61 bits per heavy atom. The van der Waals surface area contributed by atoms with Crippen molar-refractivity contribution in [2.24, 2.45) is 4.99 Å². The van der Waals surface area contributed by atoms with Gasteiger partial charge in [0.05, 0.1) is 0 Å². The molecule has 0 aliphatic heterocycles. The van der Waals surface area contributed by atoms with Gasteiger partial charge in [-0.05, 0) is 38.5 Å². The van der Waals surface area contributed by atoms with Crippen LogP contribution in [0.4, 0.5) is 4.79 Å². The van der Waals surface area contributed by atoms with Gasteiger partial charge in [0.2, 0.25) is 0 Å². The van der Waals surface area contributed by atoms with Crippen LogP contribution in [0.3, 0.4) is 0 Å². The minimum absolute atomic E-state index is 0. The Labute approximate surface area is 184 Å². The van der Waals surface area contributed by atoms with Crippen LogP contribution in [-0.2, 0) is 11.3 Å². The maximum absolute atomic E-state index is 11.9. The predicted octanol–water partition coefficient (Wildman–Crippen LogP) is 2.20. The second-order valence-corrected chi connectivity index (χ2v) is 7.18. The molecule has 0 atom stereocenters. The Morgan fingerprint density at radius 3 is 2.11 bits per heavy atom. The van der Waals surface area contributed by atoms with Crippen LogP contribution in [-0.4, -0.2) is 62.7 Å². The fourth-order valence-corrected chi connectivity index (χ4v) is 2.09. The van der Waals surface area contributed by atoms with Crippen LogP contribution in [0, 0.1) is 0 Å². The van der Waals surface area contributed by atoms with Gasteiger partial charge in [-0.25, -0.2) is 4.79 Å². The molecular weight excluding hydrogens is 473 g/mol. The maximum atomic E-state index is 11.9. The summed E-state index contributed by atoms with van der Waals surface area (Å²) in [5.74, 6) is 0.596. The number of nitrogens with one attached hydrogen (secondary N) is 3. The van der Waals surface area contributed by atoms with E-state index in [4.69, 9.17) is 4.74 Å². The number of halogens is 1. The number of carbonyl (C=O) groups is 2. The molecule has 3 N–H and O–H groups in total. The van der Waals surface area contributed by atoms with Crippen molar-refractivity contribution in [2.45, 2.75) is 32.9 Å². The Kier molecular flexibility index (Phi) is 11.5. The summed E-state index contributed by atoms with van der Waals surface area (Å²) in [7, 11) is 5.13. The van der Waals surface area contributed by atoms with Gasteiger partial charge in [-0.15, -0.1) is 24.0 Å². The summed E-state index contributed by atoms with van der Waals surface area (Å²) in [6.07, 6.45) is -0.445. The second kappa shape index (κ2) is 12.4. The lowest BCUT2D eigenvalue weighted by molar-refractivity contribution is 0.0528. The van der Waals surface area contributed by atoms with Gasteiger partial charge in [-0.1, -0.05) is 12.1 Å². The average molecular weight is 505 g/mol. The Morgan fingerprint density at radius 1 is 1.04 bits per heavy atom. The van der Waals surface area contributed by atoms with Gasteiger partial charge in [0.25, 0.3) is 5.91 Å². The first-order chi connectivity index (χ1) is 12.6. The number of rotatable bonds is 6. The van der Waals surface area contributed by atoms with Crippen LogP contribution in [0.1, 0.15) is 36.7 Å². The van der Waals surface area contributed by atoms with E-state index in [2.05, 4.69) is 20.9 Å². The molecule has 0 radical (unpaired) electrons. The number of hydrogen-bond acceptors (Lipinski definition) is 4. The molecule has 8 nitrogen and oxygen atoms in total. The van der Waals surface area contributed by atoms with Gasteiger partial charge < -0.3 is 25.6 Å². The second-order valence-electron chi connectivity index (χ2n) is 7.18. The Bertz CT molecular complexity index is 655. The van der Waals surface area contributed by atoms with E-state index in [0.717, 1.165) is 5.56 Å². The third kappa shape index (κ3) is 10.3. The highest BCUT2D eigenvalue weighted by Gasteiger charge is 2.15. The molecule has 0 fully saturated rings. The van der Waals surface area contributed by atoms with E-state index < -0.39 is 11.7 Å². The Hall–Kier alpha value is -2.04. The van der Waals surface area contributed by atoms with Crippen LogP contribution in [0.2, 0.25) is 0 Å². The van der Waals surface area contributed by atoms with Crippen LogP contribution in [0.5, 0.6) is 0 Å². The summed E-state index contributed by atoms with van der Waals surface area (Å²) in [6, 6.07) is 7.42. The van der Waals surface area contributed by atoms with Gasteiger partial charge in [0.1, 0.15) is 5.60 Å². The van der Waals surface area contributed by atoms with E-state index in [9.17, 15) is 9.59 Å². The highest BCUT2D eigenvalue weighted by Crippen LogP contribution is 2.07. The molecule has 1 rings (SSSR count). The smallest absolute Gasteiger partial charge is 0.407 e. The van der Waals surface area contributed by atoms with Crippen molar-refractivity contribution in [1.29, 1.82) is 0 Å². The van der Waals surface area contributed by atoms with Crippen molar-refractivity contribution < 1.29 is 14.3 Å². The van der Waals surface area contributed by atoms with E-state index in [0.29, 0.717) is 31.2 Å². The largest absolute Gasteiger partial charge is 0.444 e. The lowest BCUT2D eigenvalue weighted by Gasteiger charge is -2.20. The summed E-state index contributed by atoms with van der Waals surface area (Å²) < 4.78 is 5.17. The van der Waals surface area contributed by atoms with Crippen LogP contribution < -0.4 is 16.0 Å². The van der Waals surface area contributed by atoms with Gasteiger partial charge in [-0.2, -0.15) is 0 Å². The number of alkyl carbamates (subject to hydrolysis) is 1. The van der Waals surface area contributed by atoms with Crippen molar-refractivity contribution in [3.8, 4) is 0 Å². The van der Waals surface area contributed by atoms with Gasteiger partial charge in [0.15, 0.2) is 5.96 Å². The fourth-order valence-electron chi connectivity index (χ4n) is 2.09. The molecule has 1 aromatic rings. The van der Waals surface area contributed by atoms with Gasteiger partial charge >= 0.3 is 6.09 Å². The topological polar surface area (TPSA) is 95.1 Å². The normalized spacial score (nSPS) is 11.1. The monoisotopic (exact) mass is 505 g/mol. The predicted molar refractivity (Wildman–Crippen MR) is 122 cm³/mol. The first kappa shape index (κ1) is 26.0. The average Bonchev–Trinajstić information content (AvgIpc) is 2.59. The van der Waals surface area contributed by atoms with Crippen LogP contribution in [0.25, 0.3) is 0 Å². The fraction of sp³-hybridized carbons (Fsp3) is 0.526. The molecule has 0 aliphatic carbocycles. The molecule has 0 spiro atoms. The lowest BCUT2D eigenvalue weighted by Crippen LogP contribution is -2.42. The van der Waals surface area contributed by atoms with E-state index in [1.807, 2.05) is 32.9 Å². The number of aliphatic imine (C=N–C) groups is 1. The van der Waals surface area contributed by atoms with Crippen LogP contribution in [0.15, 0.2) is 29.3 Å². The third-order valence-electron chi connectivity index (χ3n) is 3.38. The van der Waals surface area contributed by atoms with E-state index in [-0.39, 0.29) is 29.9 Å². The Balaban J connectivity index is 0.00000729. The summed E-state index contributed by atoms with van der Waals surface area (Å²) >= 11 is 0. The molecule has 158 valence electrons. The SMILES string of the molecule is CN=C(NCCNC(=O)OC(C)(C)C)NCc1ccc(C(=O)N(C)C)cc1.I. The molecule has 0 bridgehead atoms.